The van der Waals surface area contributed by atoms with E-state index in [0.29, 0.717) is 29.6 Å². The van der Waals surface area contributed by atoms with Crippen molar-refractivity contribution in [3.05, 3.63) is 60.8 Å². The maximum Gasteiger partial charge on any atom is 0.203 e. The Labute approximate surface area is 174 Å². The molecule has 0 atom stereocenters. The summed E-state index contributed by atoms with van der Waals surface area (Å²) < 4.78 is 18.4. The first-order valence-electron chi connectivity index (χ1n) is 9.51. The number of rotatable bonds is 8. The third-order valence-electron chi connectivity index (χ3n) is 4.79. The highest BCUT2D eigenvalue weighted by molar-refractivity contribution is 5.74. The van der Waals surface area contributed by atoms with E-state index in [9.17, 15) is 0 Å². The number of nitrogens with one attached hydrogen (secondary N) is 1. The van der Waals surface area contributed by atoms with Crippen molar-refractivity contribution in [1.29, 1.82) is 0 Å². The predicted octanol–water partition coefficient (Wildman–Crippen LogP) is 3.47. The largest absolute Gasteiger partial charge is 0.493 e. The molecule has 1 N–H and O–H groups in total. The van der Waals surface area contributed by atoms with Gasteiger partial charge in [-0.3, -0.25) is 9.38 Å². The standard InChI is InChI=1S/C22H23N5O3/c1-28-18-12-15(13-19(29-2)20(18)30-3)17-14-26-22-21(25-10-11-27(17)22)24-9-7-16-6-4-5-8-23-16/h4-6,8,10-14H,7,9H2,1-3H3,(H,24,25). The van der Waals surface area contributed by atoms with Crippen molar-refractivity contribution in [3.8, 4) is 28.5 Å². The molecule has 0 aliphatic heterocycles. The van der Waals surface area contributed by atoms with Gasteiger partial charge < -0.3 is 19.5 Å². The van der Waals surface area contributed by atoms with Gasteiger partial charge in [0.2, 0.25) is 5.75 Å². The number of imidazole rings is 1. The van der Waals surface area contributed by atoms with E-state index in [4.69, 9.17) is 14.2 Å². The molecule has 3 aromatic heterocycles. The lowest BCUT2D eigenvalue weighted by molar-refractivity contribution is 0.324. The Bertz CT molecular complexity index is 1120. The molecule has 8 nitrogen and oxygen atoms in total. The number of nitrogens with zero attached hydrogens (tertiary/aromatic N) is 4. The minimum Gasteiger partial charge on any atom is -0.493 e. The van der Waals surface area contributed by atoms with Crippen molar-refractivity contribution in [1.82, 2.24) is 19.4 Å². The fourth-order valence-electron chi connectivity index (χ4n) is 3.34. The molecule has 3 heterocycles. The van der Waals surface area contributed by atoms with Crippen LogP contribution in [0.15, 0.2) is 55.1 Å². The van der Waals surface area contributed by atoms with Gasteiger partial charge in [0, 0.05) is 42.8 Å². The van der Waals surface area contributed by atoms with Crippen LogP contribution in [0.3, 0.4) is 0 Å². The number of fused-ring (bicyclic) bond motifs is 1. The van der Waals surface area contributed by atoms with E-state index in [1.165, 1.54) is 0 Å². The first kappa shape index (κ1) is 19.5. The fourth-order valence-corrected chi connectivity index (χ4v) is 3.34. The minimum atomic E-state index is 0.552. The number of benzene rings is 1. The van der Waals surface area contributed by atoms with Crippen LogP contribution in [0, 0.1) is 0 Å². The van der Waals surface area contributed by atoms with Gasteiger partial charge in [-0.1, -0.05) is 6.07 Å². The number of ether oxygens (including phenoxy) is 3. The van der Waals surface area contributed by atoms with Crippen molar-refractivity contribution in [2.45, 2.75) is 6.42 Å². The van der Waals surface area contributed by atoms with Gasteiger partial charge in [0.15, 0.2) is 23.0 Å². The summed E-state index contributed by atoms with van der Waals surface area (Å²) in [6.45, 7) is 0.704. The second-order valence-electron chi connectivity index (χ2n) is 6.52. The van der Waals surface area contributed by atoms with Crippen molar-refractivity contribution in [3.63, 3.8) is 0 Å². The minimum absolute atomic E-state index is 0.552. The van der Waals surface area contributed by atoms with E-state index < -0.39 is 0 Å². The summed E-state index contributed by atoms with van der Waals surface area (Å²) in [5.41, 5.74) is 3.54. The number of hydrogen-bond acceptors (Lipinski definition) is 7. The van der Waals surface area contributed by atoms with Crippen LogP contribution in [0.2, 0.25) is 0 Å². The summed E-state index contributed by atoms with van der Waals surface area (Å²) in [6.07, 6.45) is 8.03. The average Bonchev–Trinajstić information content (AvgIpc) is 3.24. The molecule has 0 fully saturated rings. The third-order valence-corrected chi connectivity index (χ3v) is 4.79. The van der Waals surface area contributed by atoms with Crippen LogP contribution < -0.4 is 19.5 Å². The van der Waals surface area contributed by atoms with Gasteiger partial charge in [0.05, 0.1) is 33.2 Å². The maximum absolute atomic E-state index is 5.48. The van der Waals surface area contributed by atoms with E-state index in [1.807, 2.05) is 47.1 Å². The predicted molar refractivity (Wildman–Crippen MR) is 115 cm³/mol. The van der Waals surface area contributed by atoms with Crippen molar-refractivity contribution in [2.75, 3.05) is 33.2 Å². The van der Waals surface area contributed by atoms with E-state index in [0.717, 1.165) is 29.0 Å². The summed E-state index contributed by atoms with van der Waals surface area (Å²) in [7, 11) is 4.79. The lowest BCUT2D eigenvalue weighted by Gasteiger charge is -2.14. The van der Waals surface area contributed by atoms with Crippen LogP contribution in [-0.2, 0) is 6.42 Å². The molecular weight excluding hydrogens is 382 g/mol. The molecule has 0 bridgehead atoms. The Kier molecular flexibility index (Phi) is 5.65. The molecule has 0 saturated carbocycles. The van der Waals surface area contributed by atoms with Crippen LogP contribution in [0.4, 0.5) is 5.82 Å². The number of methoxy groups -OCH3 is 3. The van der Waals surface area contributed by atoms with Gasteiger partial charge in [-0.15, -0.1) is 0 Å². The smallest absolute Gasteiger partial charge is 0.203 e. The fraction of sp³-hybridized carbons (Fsp3) is 0.227. The summed E-state index contributed by atoms with van der Waals surface area (Å²) in [4.78, 5) is 13.4. The Balaban J connectivity index is 1.65. The van der Waals surface area contributed by atoms with Gasteiger partial charge >= 0.3 is 0 Å². The summed E-state index contributed by atoms with van der Waals surface area (Å²) in [6, 6.07) is 9.71. The molecule has 154 valence electrons. The Morgan fingerprint density at radius 2 is 1.73 bits per heavy atom. The van der Waals surface area contributed by atoms with Gasteiger partial charge in [-0.25, -0.2) is 9.97 Å². The molecule has 0 unspecified atom stereocenters. The summed E-state index contributed by atoms with van der Waals surface area (Å²) in [5, 5.41) is 3.36. The normalized spacial score (nSPS) is 10.8. The zero-order chi connectivity index (χ0) is 20.9. The molecule has 0 aliphatic carbocycles. The van der Waals surface area contributed by atoms with E-state index >= 15 is 0 Å². The number of pyridine rings is 1. The van der Waals surface area contributed by atoms with Gasteiger partial charge in [-0.2, -0.15) is 0 Å². The molecule has 0 spiro atoms. The highest BCUT2D eigenvalue weighted by atomic mass is 16.5. The molecule has 0 amide bonds. The van der Waals surface area contributed by atoms with Crippen LogP contribution in [-0.4, -0.2) is 47.2 Å². The lowest BCUT2D eigenvalue weighted by Crippen LogP contribution is -2.08. The van der Waals surface area contributed by atoms with Crippen LogP contribution in [0.1, 0.15) is 5.69 Å². The third kappa shape index (κ3) is 3.71. The molecule has 0 saturated heterocycles. The zero-order valence-corrected chi connectivity index (χ0v) is 17.1. The number of aromatic nitrogens is 4. The molecule has 0 radical (unpaired) electrons. The van der Waals surface area contributed by atoms with Gasteiger partial charge in [0.25, 0.3) is 0 Å². The Morgan fingerprint density at radius 3 is 2.40 bits per heavy atom. The summed E-state index contributed by atoms with van der Waals surface area (Å²) in [5.74, 6) is 2.44. The monoisotopic (exact) mass is 405 g/mol. The summed E-state index contributed by atoms with van der Waals surface area (Å²) >= 11 is 0. The Hall–Kier alpha value is -3.81. The molecule has 8 heteroatoms. The van der Waals surface area contributed by atoms with Gasteiger partial charge in [0.1, 0.15) is 0 Å². The highest BCUT2D eigenvalue weighted by Gasteiger charge is 2.17. The average molecular weight is 405 g/mol. The van der Waals surface area contributed by atoms with E-state index in [2.05, 4.69) is 20.3 Å². The first-order chi connectivity index (χ1) is 14.7. The zero-order valence-electron chi connectivity index (χ0n) is 17.1. The van der Waals surface area contributed by atoms with Gasteiger partial charge in [-0.05, 0) is 24.3 Å². The molecule has 0 aliphatic rings. The van der Waals surface area contributed by atoms with Crippen molar-refractivity contribution in [2.24, 2.45) is 0 Å². The van der Waals surface area contributed by atoms with E-state index in [-0.39, 0.29) is 0 Å². The van der Waals surface area contributed by atoms with Crippen LogP contribution >= 0.6 is 0 Å². The van der Waals surface area contributed by atoms with E-state index in [1.54, 1.807) is 33.7 Å². The highest BCUT2D eigenvalue weighted by Crippen LogP contribution is 2.41. The number of anilines is 1. The quantitative estimate of drug-likeness (QED) is 0.481. The molecule has 4 aromatic rings. The lowest BCUT2D eigenvalue weighted by atomic mass is 10.1. The topological polar surface area (TPSA) is 82.8 Å². The van der Waals surface area contributed by atoms with Crippen molar-refractivity contribution < 1.29 is 14.2 Å². The molecule has 1 aromatic carbocycles. The maximum atomic E-state index is 5.48. The molecular formula is C22H23N5O3. The first-order valence-corrected chi connectivity index (χ1v) is 9.51. The Morgan fingerprint density at radius 1 is 0.933 bits per heavy atom. The van der Waals surface area contributed by atoms with Crippen LogP contribution in [0.5, 0.6) is 17.2 Å². The molecule has 4 rings (SSSR count). The number of hydrogen-bond donors (Lipinski definition) is 1. The second-order valence-corrected chi connectivity index (χ2v) is 6.52. The second kappa shape index (κ2) is 8.69. The van der Waals surface area contributed by atoms with Crippen molar-refractivity contribution >= 4 is 11.5 Å². The SMILES string of the molecule is COc1cc(-c2cnc3c(NCCc4ccccn4)nccn23)cc(OC)c1OC. The molecule has 30 heavy (non-hydrogen) atoms. The van der Waals surface area contributed by atoms with Crippen LogP contribution in [0.25, 0.3) is 16.9 Å².